The molecule has 3 unspecified atom stereocenters. The van der Waals surface area contributed by atoms with Gasteiger partial charge in [-0.25, -0.2) is 0 Å². The fourth-order valence-electron chi connectivity index (χ4n) is 3.14. The van der Waals surface area contributed by atoms with Crippen LogP contribution in [0.4, 0.5) is 5.82 Å². The number of hydrogen-bond donors (Lipinski definition) is 1. The molecule has 4 heteroatoms. The maximum absolute atomic E-state index is 9.48. The molecule has 1 heterocycles. The lowest BCUT2D eigenvalue weighted by Crippen LogP contribution is -2.26. The predicted molar refractivity (Wildman–Crippen MR) is 80.5 cm³/mol. The lowest BCUT2D eigenvalue weighted by molar-refractivity contribution is 0.435. The van der Waals surface area contributed by atoms with E-state index >= 15 is 0 Å². The normalized spacial score (nSPS) is 25.4. The summed E-state index contributed by atoms with van der Waals surface area (Å²) in [6.07, 6.45) is 4.03. The molecule has 0 bridgehead atoms. The Kier molecular flexibility index (Phi) is 4.59. The smallest absolute Gasteiger partial charge is 0.167 e. The second-order valence-electron chi connectivity index (χ2n) is 5.83. The molecule has 1 N–H and O–H groups in total. The fourth-order valence-corrected chi connectivity index (χ4v) is 3.14. The zero-order valence-corrected chi connectivity index (χ0v) is 12.9. The number of rotatable bonds is 4. The summed E-state index contributed by atoms with van der Waals surface area (Å²) in [6, 6.07) is 2.73. The highest BCUT2D eigenvalue weighted by molar-refractivity contribution is 5.57. The van der Waals surface area contributed by atoms with Crippen LogP contribution in [0.5, 0.6) is 0 Å². The molecular weight excluding hydrogens is 248 g/mol. The first kappa shape index (κ1) is 14.8. The van der Waals surface area contributed by atoms with Crippen LogP contribution in [0.3, 0.4) is 0 Å². The molecule has 0 spiro atoms. The highest BCUT2D eigenvalue weighted by Gasteiger charge is 2.30. The number of anilines is 1. The van der Waals surface area contributed by atoms with E-state index in [1.54, 1.807) is 0 Å². The van der Waals surface area contributed by atoms with Crippen LogP contribution in [0.15, 0.2) is 0 Å². The molecule has 0 aliphatic heterocycles. The largest absolute Gasteiger partial charge is 0.364 e. The SMILES string of the molecule is CCc1nnc(NC2CCC(C)C2C)c(C#N)c1CC. The van der Waals surface area contributed by atoms with Crippen LogP contribution in [-0.2, 0) is 12.8 Å². The molecule has 108 valence electrons. The van der Waals surface area contributed by atoms with Crippen molar-refractivity contribution in [1.82, 2.24) is 10.2 Å². The molecule has 1 aliphatic carbocycles. The van der Waals surface area contributed by atoms with Crippen molar-refractivity contribution in [2.24, 2.45) is 11.8 Å². The van der Waals surface area contributed by atoms with Gasteiger partial charge in [-0.1, -0.05) is 27.7 Å². The second kappa shape index (κ2) is 6.21. The van der Waals surface area contributed by atoms with Crippen molar-refractivity contribution in [2.45, 2.75) is 59.4 Å². The van der Waals surface area contributed by atoms with Crippen LogP contribution in [0.25, 0.3) is 0 Å². The minimum Gasteiger partial charge on any atom is -0.364 e. The van der Waals surface area contributed by atoms with Crippen LogP contribution in [0.1, 0.15) is 57.4 Å². The van der Waals surface area contributed by atoms with E-state index in [-0.39, 0.29) is 0 Å². The second-order valence-corrected chi connectivity index (χ2v) is 5.83. The van der Waals surface area contributed by atoms with Gasteiger partial charge in [-0.2, -0.15) is 10.4 Å². The number of nitrogens with one attached hydrogen (secondary N) is 1. The molecular formula is C16H24N4. The highest BCUT2D eigenvalue weighted by Crippen LogP contribution is 2.33. The van der Waals surface area contributed by atoms with Gasteiger partial charge in [-0.05, 0) is 43.1 Å². The molecule has 1 fully saturated rings. The quantitative estimate of drug-likeness (QED) is 0.913. The average Bonchev–Trinajstić information content (AvgIpc) is 2.78. The van der Waals surface area contributed by atoms with Crippen molar-refractivity contribution in [1.29, 1.82) is 5.26 Å². The molecule has 1 saturated carbocycles. The lowest BCUT2D eigenvalue weighted by Gasteiger charge is -2.21. The Hall–Kier alpha value is -1.63. The van der Waals surface area contributed by atoms with Crippen molar-refractivity contribution in [3.05, 3.63) is 16.8 Å². The van der Waals surface area contributed by atoms with Crippen molar-refractivity contribution in [2.75, 3.05) is 5.32 Å². The highest BCUT2D eigenvalue weighted by atomic mass is 15.2. The molecule has 0 radical (unpaired) electrons. The van der Waals surface area contributed by atoms with Gasteiger partial charge in [0.1, 0.15) is 11.6 Å². The van der Waals surface area contributed by atoms with Crippen LogP contribution in [-0.4, -0.2) is 16.2 Å². The summed E-state index contributed by atoms with van der Waals surface area (Å²) in [5, 5.41) is 21.5. The summed E-state index contributed by atoms with van der Waals surface area (Å²) < 4.78 is 0. The van der Waals surface area contributed by atoms with Crippen molar-refractivity contribution in [3.8, 4) is 6.07 Å². The molecule has 1 aromatic rings. The Labute approximate surface area is 121 Å². The Morgan fingerprint density at radius 1 is 1.20 bits per heavy atom. The maximum Gasteiger partial charge on any atom is 0.167 e. The molecule has 2 rings (SSSR count). The van der Waals surface area contributed by atoms with Crippen molar-refractivity contribution >= 4 is 5.82 Å². The molecule has 1 aromatic heterocycles. The third-order valence-electron chi connectivity index (χ3n) is 4.75. The minimum absolute atomic E-state index is 0.406. The summed E-state index contributed by atoms with van der Waals surface area (Å²) >= 11 is 0. The molecule has 0 amide bonds. The topological polar surface area (TPSA) is 61.6 Å². The summed E-state index contributed by atoms with van der Waals surface area (Å²) in [5.41, 5.74) is 2.68. The fraction of sp³-hybridized carbons (Fsp3) is 0.688. The van der Waals surface area contributed by atoms with Crippen molar-refractivity contribution < 1.29 is 0 Å². The van der Waals surface area contributed by atoms with Crippen LogP contribution >= 0.6 is 0 Å². The van der Waals surface area contributed by atoms with E-state index in [0.29, 0.717) is 23.3 Å². The standard InChI is InChI=1S/C16H24N4/c1-5-12-13(9-17)16(20-19-14(12)6-2)18-15-8-7-10(3)11(15)4/h10-11,15H,5-8H2,1-4H3,(H,18,20). The van der Waals surface area contributed by atoms with E-state index in [4.69, 9.17) is 0 Å². The van der Waals surface area contributed by atoms with Crippen molar-refractivity contribution in [3.63, 3.8) is 0 Å². The zero-order valence-electron chi connectivity index (χ0n) is 12.9. The van der Waals surface area contributed by atoms with Gasteiger partial charge >= 0.3 is 0 Å². The number of nitriles is 1. The Morgan fingerprint density at radius 2 is 1.95 bits per heavy atom. The van der Waals surface area contributed by atoms with Gasteiger partial charge in [0.05, 0.1) is 5.69 Å². The zero-order chi connectivity index (χ0) is 14.7. The first-order valence-corrected chi connectivity index (χ1v) is 7.67. The van der Waals surface area contributed by atoms with E-state index in [9.17, 15) is 5.26 Å². The Balaban J connectivity index is 2.31. The molecule has 0 saturated heterocycles. The van der Waals surface area contributed by atoms with Gasteiger partial charge < -0.3 is 5.32 Å². The Morgan fingerprint density at radius 3 is 2.45 bits per heavy atom. The van der Waals surface area contributed by atoms with Crippen LogP contribution < -0.4 is 5.32 Å². The summed E-state index contributed by atoms with van der Waals surface area (Å²) in [5.74, 6) is 2.01. The lowest BCUT2D eigenvalue weighted by atomic mass is 9.97. The van der Waals surface area contributed by atoms with Crippen LogP contribution in [0.2, 0.25) is 0 Å². The molecule has 20 heavy (non-hydrogen) atoms. The first-order valence-electron chi connectivity index (χ1n) is 7.67. The molecule has 4 nitrogen and oxygen atoms in total. The van der Waals surface area contributed by atoms with E-state index in [1.165, 1.54) is 6.42 Å². The van der Waals surface area contributed by atoms with E-state index in [1.807, 2.05) is 0 Å². The number of aromatic nitrogens is 2. The number of nitrogens with zero attached hydrogens (tertiary/aromatic N) is 3. The summed E-state index contributed by atoms with van der Waals surface area (Å²) in [7, 11) is 0. The average molecular weight is 272 g/mol. The minimum atomic E-state index is 0.406. The number of hydrogen-bond acceptors (Lipinski definition) is 4. The van der Waals surface area contributed by atoms with E-state index in [2.05, 4.69) is 49.3 Å². The van der Waals surface area contributed by atoms with Gasteiger partial charge in [0, 0.05) is 6.04 Å². The molecule has 1 aliphatic rings. The third kappa shape index (κ3) is 2.63. The van der Waals surface area contributed by atoms with E-state index < -0.39 is 0 Å². The van der Waals surface area contributed by atoms with Gasteiger partial charge in [-0.3, -0.25) is 0 Å². The van der Waals surface area contributed by atoms with Gasteiger partial charge in [0.15, 0.2) is 5.82 Å². The first-order chi connectivity index (χ1) is 9.62. The summed E-state index contributed by atoms with van der Waals surface area (Å²) in [4.78, 5) is 0. The van der Waals surface area contributed by atoms with Gasteiger partial charge in [0.25, 0.3) is 0 Å². The molecule has 0 aromatic carbocycles. The van der Waals surface area contributed by atoms with Gasteiger partial charge in [-0.15, -0.1) is 5.10 Å². The van der Waals surface area contributed by atoms with E-state index in [0.717, 1.165) is 36.4 Å². The summed E-state index contributed by atoms with van der Waals surface area (Å²) in [6.45, 7) is 8.69. The Bertz CT molecular complexity index is 518. The third-order valence-corrected chi connectivity index (χ3v) is 4.75. The predicted octanol–water partition coefficient (Wildman–Crippen LogP) is 3.32. The van der Waals surface area contributed by atoms with Crippen LogP contribution in [0, 0.1) is 23.2 Å². The monoisotopic (exact) mass is 272 g/mol. The van der Waals surface area contributed by atoms with Gasteiger partial charge in [0.2, 0.25) is 0 Å². The molecule has 3 atom stereocenters. The number of aryl methyl sites for hydroxylation is 1. The maximum atomic E-state index is 9.48.